The van der Waals surface area contributed by atoms with Crippen LogP contribution in [0.1, 0.15) is 6.92 Å². The topological polar surface area (TPSA) is 91.8 Å². The van der Waals surface area contributed by atoms with E-state index in [1.165, 1.54) is 0 Å². The van der Waals surface area contributed by atoms with E-state index in [1.807, 2.05) is 31.0 Å². The summed E-state index contributed by atoms with van der Waals surface area (Å²) in [5, 5.41) is 7.40. The monoisotopic (exact) mass is 244 g/mol. The summed E-state index contributed by atoms with van der Waals surface area (Å²) in [5.41, 5.74) is 6.86. The molecular formula is C12H16N6. The summed E-state index contributed by atoms with van der Waals surface area (Å²) < 4.78 is 0. The molecule has 3 N–H and O–H groups in total. The summed E-state index contributed by atoms with van der Waals surface area (Å²) in [6.07, 6.45) is 3.27. The minimum Gasteiger partial charge on any atom is -0.387 e. The van der Waals surface area contributed by atoms with Crippen LogP contribution in [-0.4, -0.2) is 34.4 Å². The second-order valence-corrected chi connectivity index (χ2v) is 4.31. The Morgan fingerprint density at radius 1 is 1.39 bits per heavy atom. The predicted molar refractivity (Wildman–Crippen MR) is 71.7 cm³/mol. The van der Waals surface area contributed by atoms with Crippen molar-refractivity contribution in [2.45, 2.75) is 6.92 Å². The molecule has 18 heavy (non-hydrogen) atoms. The van der Waals surface area contributed by atoms with Gasteiger partial charge >= 0.3 is 0 Å². The maximum absolute atomic E-state index is 7.40. The van der Waals surface area contributed by atoms with Gasteiger partial charge in [0.25, 0.3) is 0 Å². The number of nitrogens with one attached hydrogen (secondary N) is 1. The van der Waals surface area contributed by atoms with Crippen molar-refractivity contribution in [3.05, 3.63) is 24.5 Å². The van der Waals surface area contributed by atoms with Gasteiger partial charge in [-0.2, -0.15) is 0 Å². The van der Waals surface area contributed by atoms with E-state index in [2.05, 4.69) is 15.0 Å². The van der Waals surface area contributed by atoms with Gasteiger partial charge in [0.2, 0.25) is 0 Å². The number of fused-ring (bicyclic) bond motifs is 1. The zero-order chi connectivity index (χ0) is 13.1. The van der Waals surface area contributed by atoms with Gasteiger partial charge in [0.1, 0.15) is 11.3 Å². The summed E-state index contributed by atoms with van der Waals surface area (Å²) in [7, 11) is 1.92. The molecule has 0 saturated heterocycles. The molecule has 0 aliphatic rings. The number of anilines is 1. The van der Waals surface area contributed by atoms with Crippen molar-refractivity contribution in [1.29, 1.82) is 5.41 Å². The highest BCUT2D eigenvalue weighted by atomic mass is 15.2. The van der Waals surface area contributed by atoms with Gasteiger partial charge < -0.3 is 10.6 Å². The first kappa shape index (κ1) is 12.2. The summed E-state index contributed by atoms with van der Waals surface area (Å²) >= 11 is 0. The SMILES string of the molecule is CC(CN(C)c1ccc2nccnc2n1)C(=N)N. The fourth-order valence-electron chi connectivity index (χ4n) is 1.66. The number of rotatable bonds is 4. The summed E-state index contributed by atoms with van der Waals surface area (Å²) in [6.45, 7) is 2.56. The minimum absolute atomic E-state index is 0.00523. The van der Waals surface area contributed by atoms with Crippen LogP contribution in [0.25, 0.3) is 11.2 Å². The molecule has 0 bridgehead atoms. The first-order valence-corrected chi connectivity index (χ1v) is 5.70. The van der Waals surface area contributed by atoms with Crippen molar-refractivity contribution < 1.29 is 0 Å². The fraction of sp³-hybridized carbons (Fsp3) is 0.333. The van der Waals surface area contributed by atoms with E-state index < -0.39 is 0 Å². The smallest absolute Gasteiger partial charge is 0.180 e. The van der Waals surface area contributed by atoms with Gasteiger partial charge in [-0.25, -0.2) is 9.97 Å². The van der Waals surface area contributed by atoms with Crippen LogP contribution in [0.15, 0.2) is 24.5 Å². The molecule has 2 aromatic heterocycles. The molecule has 94 valence electrons. The molecule has 0 fully saturated rings. The van der Waals surface area contributed by atoms with Crippen molar-refractivity contribution in [2.24, 2.45) is 11.7 Å². The molecule has 0 aliphatic carbocycles. The van der Waals surface area contributed by atoms with E-state index in [0.717, 1.165) is 11.3 Å². The molecule has 0 spiro atoms. The van der Waals surface area contributed by atoms with Crippen molar-refractivity contribution in [2.75, 3.05) is 18.5 Å². The van der Waals surface area contributed by atoms with E-state index in [-0.39, 0.29) is 11.8 Å². The molecule has 1 unspecified atom stereocenters. The largest absolute Gasteiger partial charge is 0.387 e. The molecular weight excluding hydrogens is 228 g/mol. The van der Waals surface area contributed by atoms with Gasteiger partial charge in [0.15, 0.2) is 5.65 Å². The number of hydrogen-bond acceptors (Lipinski definition) is 5. The van der Waals surface area contributed by atoms with E-state index in [4.69, 9.17) is 11.1 Å². The van der Waals surface area contributed by atoms with E-state index >= 15 is 0 Å². The average Bonchev–Trinajstić information content (AvgIpc) is 2.37. The Bertz CT molecular complexity index is 567. The Labute approximate surface area is 105 Å². The zero-order valence-corrected chi connectivity index (χ0v) is 10.5. The van der Waals surface area contributed by atoms with Gasteiger partial charge in [-0.3, -0.25) is 10.4 Å². The molecule has 2 heterocycles. The average molecular weight is 244 g/mol. The molecule has 6 heteroatoms. The summed E-state index contributed by atoms with van der Waals surface area (Å²) in [6, 6.07) is 3.78. The lowest BCUT2D eigenvalue weighted by Gasteiger charge is -2.21. The highest BCUT2D eigenvalue weighted by molar-refractivity contribution is 5.80. The third-order valence-electron chi connectivity index (χ3n) is 2.79. The number of pyridine rings is 1. The van der Waals surface area contributed by atoms with Crippen molar-refractivity contribution in [1.82, 2.24) is 15.0 Å². The number of nitrogens with two attached hydrogens (primary N) is 1. The maximum Gasteiger partial charge on any atom is 0.180 e. The molecule has 2 aromatic rings. The molecule has 0 radical (unpaired) electrons. The van der Waals surface area contributed by atoms with Gasteiger partial charge in [0, 0.05) is 31.9 Å². The van der Waals surface area contributed by atoms with Crippen molar-refractivity contribution >= 4 is 22.8 Å². The number of aromatic nitrogens is 3. The highest BCUT2D eigenvalue weighted by Gasteiger charge is 2.11. The Morgan fingerprint density at radius 3 is 2.83 bits per heavy atom. The quantitative estimate of drug-likeness (QED) is 0.619. The third kappa shape index (κ3) is 2.53. The predicted octanol–water partition coefficient (Wildman–Crippen LogP) is 1.03. The molecule has 1 atom stereocenters. The lowest BCUT2D eigenvalue weighted by molar-refractivity contribution is 0.723. The zero-order valence-electron chi connectivity index (χ0n) is 10.5. The maximum atomic E-state index is 7.40. The van der Waals surface area contributed by atoms with Crippen LogP contribution >= 0.6 is 0 Å². The van der Waals surface area contributed by atoms with Gasteiger partial charge in [-0.1, -0.05) is 6.92 Å². The molecule has 0 aliphatic heterocycles. The van der Waals surface area contributed by atoms with Gasteiger partial charge in [-0.05, 0) is 12.1 Å². The lowest BCUT2D eigenvalue weighted by atomic mass is 10.1. The first-order valence-electron chi connectivity index (χ1n) is 5.70. The van der Waals surface area contributed by atoms with Crippen molar-refractivity contribution in [3.8, 4) is 0 Å². The molecule has 6 nitrogen and oxygen atoms in total. The molecule has 0 saturated carbocycles. The summed E-state index contributed by atoms with van der Waals surface area (Å²) in [4.78, 5) is 14.7. The van der Waals surface area contributed by atoms with Crippen LogP contribution in [0.4, 0.5) is 5.82 Å². The number of amidine groups is 1. The Kier molecular flexibility index (Phi) is 3.36. The van der Waals surface area contributed by atoms with E-state index in [0.29, 0.717) is 12.2 Å². The van der Waals surface area contributed by atoms with Crippen LogP contribution in [0, 0.1) is 11.3 Å². The second-order valence-electron chi connectivity index (χ2n) is 4.31. The van der Waals surface area contributed by atoms with Crippen LogP contribution < -0.4 is 10.6 Å². The number of nitrogens with zero attached hydrogens (tertiary/aromatic N) is 4. The standard InChI is InChI=1S/C12H16N6/c1-8(11(13)14)7-18(2)10-4-3-9-12(17-10)16-6-5-15-9/h3-6,8H,7H2,1-2H3,(H3,13,14). The highest BCUT2D eigenvalue weighted by Crippen LogP contribution is 2.14. The minimum atomic E-state index is -0.00523. The van der Waals surface area contributed by atoms with Crippen LogP contribution in [0.3, 0.4) is 0 Å². The molecule has 0 aromatic carbocycles. The Morgan fingerprint density at radius 2 is 2.11 bits per heavy atom. The third-order valence-corrected chi connectivity index (χ3v) is 2.79. The molecule has 0 amide bonds. The van der Waals surface area contributed by atoms with E-state index in [9.17, 15) is 0 Å². The van der Waals surface area contributed by atoms with Crippen LogP contribution in [0.2, 0.25) is 0 Å². The van der Waals surface area contributed by atoms with Crippen molar-refractivity contribution in [3.63, 3.8) is 0 Å². The normalized spacial score (nSPS) is 12.3. The molecule has 2 rings (SSSR count). The van der Waals surface area contributed by atoms with Gasteiger partial charge in [0.05, 0.1) is 5.84 Å². The Hall–Kier alpha value is -2.24. The van der Waals surface area contributed by atoms with E-state index in [1.54, 1.807) is 12.4 Å². The Balaban J connectivity index is 2.22. The lowest BCUT2D eigenvalue weighted by Crippen LogP contribution is -2.32. The van der Waals surface area contributed by atoms with Crippen LogP contribution in [0.5, 0.6) is 0 Å². The second kappa shape index (κ2) is 4.95. The first-order chi connectivity index (χ1) is 8.58. The fourth-order valence-corrected chi connectivity index (χ4v) is 1.66. The van der Waals surface area contributed by atoms with Crippen LogP contribution in [-0.2, 0) is 0 Å². The number of hydrogen-bond donors (Lipinski definition) is 2. The van der Waals surface area contributed by atoms with Gasteiger partial charge in [-0.15, -0.1) is 0 Å². The summed E-state index contributed by atoms with van der Waals surface area (Å²) in [5.74, 6) is 0.980.